The lowest BCUT2D eigenvalue weighted by molar-refractivity contribution is 0.660. The zero-order valence-corrected chi connectivity index (χ0v) is 26.7. The minimum Gasteiger partial charge on any atom is -0.0622 e. The summed E-state index contributed by atoms with van der Waals surface area (Å²) in [6.45, 7) is 4.71. The van der Waals surface area contributed by atoms with Crippen LogP contribution in [0.15, 0.2) is 158 Å². The average Bonchev–Trinajstić information content (AvgIpc) is 3.35. The van der Waals surface area contributed by atoms with Crippen molar-refractivity contribution in [1.29, 1.82) is 0 Å². The van der Waals surface area contributed by atoms with Crippen LogP contribution < -0.4 is 0 Å². The van der Waals surface area contributed by atoms with Crippen molar-refractivity contribution in [1.82, 2.24) is 0 Å². The highest BCUT2D eigenvalue weighted by molar-refractivity contribution is 6.19. The second-order valence-corrected chi connectivity index (χ2v) is 13.3. The van der Waals surface area contributed by atoms with Gasteiger partial charge in [0.05, 0.1) is 0 Å². The summed E-state index contributed by atoms with van der Waals surface area (Å²) < 4.78 is 0. The molecule has 1 aliphatic carbocycles. The quantitative estimate of drug-likeness (QED) is 0.140. The second-order valence-electron chi connectivity index (χ2n) is 13.3. The van der Waals surface area contributed by atoms with Gasteiger partial charge in [0.15, 0.2) is 0 Å². The van der Waals surface area contributed by atoms with Crippen LogP contribution in [0.25, 0.3) is 77.9 Å². The molecular weight excluding hydrogens is 565 g/mol. The van der Waals surface area contributed by atoms with Gasteiger partial charge in [-0.3, -0.25) is 0 Å². The van der Waals surface area contributed by atoms with Crippen molar-refractivity contribution in [2.45, 2.75) is 19.3 Å². The van der Waals surface area contributed by atoms with Crippen LogP contribution in [0.5, 0.6) is 0 Å². The number of hydrogen-bond donors (Lipinski definition) is 0. The van der Waals surface area contributed by atoms with Gasteiger partial charge in [0.25, 0.3) is 0 Å². The van der Waals surface area contributed by atoms with Crippen molar-refractivity contribution in [3.63, 3.8) is 0 Å². The molecule has 0 saturated carbocycles. The van der Waals surface area contributed by atoms with E-state index in [1.54, 1.807) is 0 Å². The van der Waals surface area contributed by atoms with Crippen molar-refractivity contribution >= 4 is 44.5 Å². The number of rotatable bonds is 4. The van der Waals surface area contributed by atoms with Crippen LogP contribution in [0.4, 0.5) is 0 Å². The predicted octanol–water partition coefficient (Wildman–Crippen LogP) is 13.0. The third-order valence-corrected chi connectivity index (χ3v) is 10.3. The maximum Gasteiger partial charge on any atom is 0.0158 e. The molecule has 0 nitrogen and oxygen atoms in total. The molecular formula is C47H34. The van der Waals surface area contributed by atoms with E-state index < -0.39 is 0 Å². The Balaban J connectivity index is 1.34. The Bertz CT molecular complexity index is 2530. The molecule has 8 aromatic carbocycles. The van der Waals surface area contributed by atoms with Gasteiger partial charge in [-0.1, -0.05) is 166 Å². The molecule has 0 fully saturated rings. The van der Waals surface area contributed by atoms with Gasteiger partial charge < -0.3 is 0 Å². The van der Waals surface area contributed by atoms with Crippen molar-refractivity contribution in [2.75, 3.05) is 0 Å². The van der Waals surface area contributed by atoms with Gasteiger partial charge in [0.2, 0.25) is 0 Å². The lowest BCUT2D eigenvalue weighted by Gasteiger charge is -2.22. The summed E-state index contributed by atoms with van der Waals surface area (Å²) in [4.78, 5) is 0. The summed E-state index contributed by atoms with van der Waals surface area (Å²) in [5.41, 5.74) is 12.9. The maximum atomic E-state index is 2.45. The number of benzene rings is 8. The van der Waals surface area contributed by atoms with E-state index in [2.05, 4.69) is 184 Å². The first-order valence-corrected chi connectivity index (χ1v) is 16.5. The Morgan fingerprint density at radius 2 is 1.04 bits per heavy atom. The fourth-order valence-corrected chi connectivity index (χ4v) is 7.87. The zero-order valence-electron chi connectivity index (χ0n) is 26.7. The number of fused-ring (bicyclic) bond motifs is 6. The molecule has 0 heterocycles. The van der Waals surface area contributed by atoms with Gasteiger partial charge in [-0.15, -0.1) is 0 Å². The molecule has 222 valence electrons. The van der Waals surface area contributed by atoms with E-state index in [1.165, 1.54) is 88.0 Å². The second kappa shape index (κ2) is 10.7. The molecule has 47 heavy (non-hydrogen) atoms. The molecule has 8 aromatic rings. The first kappa shape index (κ1) is 27.6. The first-order valence-electron chi connectivity index (χ1n) is 16.5. The Morgan fingerprint density at radius 1 is 0.404 bits per heavy atom. The highest BCUT2D eigenvalue weighted by Gasteiger charge is 2.35. The minimum atomic E-state index is -0.0239. The summed E-state index contributed by atoms with van der Waals surface area (Å²) >= 11 is 0. The largest absolute Gasteiger partial charge is 0.0622 e. The van der Waals surface area contributed by atoms with Crippen molar-refractivity contribution in [2.24, 2.45) is 0 Å². The van der Waals surface area contributed by atoms with Crippen LogP contribution in [0.2, 0.25) is 0 Å². The minimum absolute atomic E-state index is 0.0239. The summed E-state index contributed by atoms with van der Waals surface area (Å²) in [5.74, 6) is 0. The Kier molecular flexibility index (Phi) is 6.27. The molecule has 0 aromatic heterocycles. The molecule has 1 aliphatic rings. The highest BCUT2D eigenvalue weighted by atomic mass is 14.4. The third kappa shape index (κ3) is 4.44. The van der Waals surface area contributed by atoms with E-state index in [4.69, 9.17) is 0 Å². The molecule has 0 N–H and O–H groups in total. The summed E-state index contributed by atoms with van der Waals surface area (Å²) in [6.07, 6.45) is 4.55. The normalized spacial score (nSPS) is 13.4. The van der Waals surface area contributed by atoms with Gasteiger partial charge in [0, 0.05) is 5.41 Å². The van der Waals surface area contributed by atoms with Crippen molar-refractivity contribution in [3.05, 3.63) is 180 Å². The van der Waals surface area contributed by atoms with E-state index in [0.29, 0.717) is 0 Å². The smallest absolute Gasteiger partial charge is 0.0158 e. The fraction of sp³-hybridized carbons (Fsp3) is 0.0638. The lowest BCUT2D eigenvalue weighted by Crippen LogP contribution is -2.14. The van der Waals surface area contributed by atoms with Crippen molar-refractivity contribution < 1.29 is 0 Å². The molecule has 0 heteroatoms. The molecule has 0 amide bonds. The van der Waals surface area contributed by atoms with E-state index in [0.717, 1.165) is 0 Å². The van der Waals surface area contributed by atoms with E-state index >= 15 is 0 Å². The van der Waals surface area contributed by atoms with Gasteiger partial charge in [-0.2, -0.15) is 0 Å². The summed E-state index contributed by atoms with van der Waals surface area (Å²) in [6, 6.07) is 58.1. The topological polar surface area (TPSA) is 0 Å². The third-order valence-electron chi connectivity index (χ3n) is 10.3. The molecule has 0 atom stereocenters. The van der Waals surface area contributed by atoms with Crippen LogP contribution in [0.1, 0.15) is 36.1 Å². The van der Waals surface area contributed by atoms with E-state index in [-0.39, 0.29) is 5.41 Å². The van der Waals surface area contributed by atoms with Crippen LogP contribution in [-0.2, 0) is 5.41 Å². The molecule has 0 radical (unpaired) electrons. The van der Waals surface area contributed by atoms with E-state index in [1.807, 2.05) is 0 Å². The van der Waals surface area contributed by atoms with Gasteiger partial charge in [0.1, 0.15) is 0 Å². The Hall–Kier alpha value is -5.72. The molecule has 0 bridgehead atoms. The molecule has 0 spiro atoms. The van der Waals surface area contributed by atoms with Crippen LogP contribution >= 0.6 is 0 Å². The lowest BCUT2D eigenvalue weighted by atomic mass is 9.81. The SMILES string of the molecule is CC1(C)c2ccccc2-c2cc(-c3c4ccccc4c(C=Cc4ccccc4)c4ccc(-c5ccc6ccccc6c5)cc34)ccc21. The van der Waals surface area contributed by atoms with Crippen molar-refractivity contribution in [3.8, 4) is 33.4 Å². The molecule has 9 rings (SSSR count). The zero-order chi connectivity index (χ0) is 31.5. The summed E-state index contributed by atoms with van der Waals surface area (Å²) in [5, 5.41) is 7.59. The molecule has 0 saturated heterocycles. The standard InChI is InChI=1S/C47H34/c1-47(2)44-19-11-10-17-40(44)42-30-36(24-27-45(42)47)46-41-18-9-8-16-37(41)38(25-20-31-12-4-3-5-13-31)39-26-23-35(29-43(39)46)34-22-21-32-14-6-7-15-33(32)28-34/h3-30H,1-2H3. The first-order chi connectivity index (χ1) is 23.1. The van der Waals surface area contributed by atoms with Crippen LogP contribution in [0.3, 0.4) is 0 Å². The monoisotopic (exact) mass is 598 g/mol. The molecule has 0 aliphatic heterocycles. The van der Waals surface area contributed by atoms with Gasteiger partial charge in [-0.05, 0) is 106 Å². The highest BCUT2D eigenvalue weighted by Crippen LogP contribution is 2.51. The number of hydrogen-bond acceptors (Lipinski definition) is 0. The van der Waals surface area contributed by atoms with Gasteiger partial charge >= 0.3 is 0 Å². The fourth-order valence-electron chi connectivity index (χ4n) is 7.87. The maximum absolute atomic E-state index is 2.45. The van der Waals surface area contributed by atoms with E-state index in [9.17, 15) is 0 Å². The Labute approximate surface area is 276 Å². The predicted molar refractivity (Wildman–Crippen MR) is 203 cm³/mol. The van der Waals surface area contributed by atoms with Crippen LogP contribution in [0, 0.1) is 0 Å². The molecule has 0 unspecified atom stereocenters. The average molecular weight is 599 g/mol. The van der Waals surface area contributed by atoms with Crippen LogP contribution in [-0.4, -0.2) is 0 Å². The summed E-state index contributed by atoms with van der Waals surface area (Å²) in [7, 11) is 0. The van der Waals surface area contributed by atoms with Gasteiger partial charge in [-0.25, -0.2) is 0 Å². The Morgan fingerprint density at radius 3 is 1.91 bits per heavy atom.